The van der Waals surface area contributed by atoms with Crippen LogP contribution in [0.5, 0.6) is 17.2 Å². The largest absolute Gasteiger partial charge is 0.493 e. The molecule has 0 radical (unpaired) electrons. The van der Waals surface area contributed by atoms with Crippen LogP contribution in [-0.2, 0) is 13.0 Å². The molecule has 0 atom stereocenters. The maximum Gasteiger partial charge on any atom is 0.203 e. The summed E-state index contributed by atoms with van der Waals surface area (Å²) in [5, 5.41) is 0.567. The van der Waals surface area contributed by atoms with Crippen molar-refractivity contribution in [1.29, 1.82) is 0 Å². The van der Waals surface area contributed by atoms with Gasteiger partial charge in [0.2, 0.25) is 5.75 Å². The summed E-state index contributed by atoms with van der Waals surface area (Å²) in [6, 6.07) is 14.0. The lowest BCUT2D eigenvalue weighted by atomic mass is 10.1. The Morgan fingerprint density at radius 1 is 0.968 bits per heavy atom. The summed E-state index contributed by atoms with van der Waals surface area (Å²) in [6.07, 6.45) is 2.57. The van der Waals surface area contributed by atoms with E-state index in [9.17, 15) is 0 Å². The van der Waals surface area contributed by atoms with Crippen LogP contribution in [0.1, 0.15) is 5.56 Å². The minimum atomic E-state index is 0.357. The van der Waals surface area contributed by atoms with Crippen molar-refractivity contribution in [2.24, 2.45) is 0 Å². The van der Waals surface area contributed by atoms with Gasteiger partial charge in [0.05, 0.1) is 27.7 Å². The number of nitrogens with two attached hydrogens (primary N) is 1. The molecule has 0 spiro atoms. The second kappa shape index (κ2) is 9.13. The molecule has 0 unspecified atom stereocenters. The highest BCUT2D eigenvalue weighted by Crippen LogP contribution is 2.42. The van der Waals surface area contributed by atoms with Gasteiger partial charge >= 0.3 is 0 Å². The van der Waals surface area contributed by atoms with Crippen LogP contribution in [0, 0.1) is 0 Å². The van der Waals surface area contributed by atoms with Crippen LogP contribution < -0.4 is 19.9 Å². The highest BCUT2D eigenvalue weighted by molar-refractivity contribution is 7.99. The van der Waals surface area contributed by atoms with Crippen LogP contribution in [0.3, 0.4) is 0 Å². The van der Waals surface area contributed by atoms with Gasteiger partial charge in [-0.15, -0.1) is 0 Å². The monoisotopic (exact) mass is 437 g/mol. The van der Waals surface area contributed by atoms with Crippen LogP contribution in [0.4, 0.5) is 5.82 Å². The fourth-order valence-electron chi connectivity index (χ4n) is 3.26. The van der Waals surface area contributed by atoms with E-state index in [0.717, 1.165) is 17.9 Å². The molecule has 0 aliphatic carbocycles. The van der Waals surface area contributed by atoms with Crippen molar-refractivity contribution in [3.63, 3.8) is 0 Å². The van der Waals surface area contributed by atoms with Gasteiger partial charge in [0.25, 0.3) is 0 Å². The van der Waals surface area contributed by atoms with Crippen LogP contribution >= 0.6 is 11.8 Å². The van der Waals surface area contributed by atoms with Gasteiger partial charge in [-0.05, 0) is 35.9 Å². The zero-order valence-electron chi connectivity index (χ0n) is 17.5. The second-order valence-electron chi connectivity index (χ2n) is 6.70. The molecule has 2 aromatic rings. The van der Waals surface area contributed by atoms with E-state index >= 15 is 0 Å². The number of benzene rings is 2. The fourth-order valence-corrected chi connectivity index (χ4v) is 4.07. The van der Waals surface area contributed by atoms with E-state index < -0.39 is 0 Å². The topological polar surface area (TPSA) is 97.3 Å². The van der Waals surface area contributed by atoms with Crippen molar-refractivity contribution in [3.8, 4) is 28.8 Å². The van der Waals surface area contributed by atoms with E-state index in [1.165, 1.54) is 17.3 Å². The molecule has 8 nitrogen and oxygen atoms in total. The summed E-state index contributed by atoms with van der Waals surface area (Å²) in [7, 11) is 4.74. The van der Waals surface area contributed by atoms with Crippen molar-refractivity contribution in [2.75, 3.05) is 27.1 Å². The van der Waals surface area contributed by atoms with Gasteiger partial charge in [0, 0.05) is 11.4 Å². The Morgan fingerprint density at radius 3 is 2.32 bits per heavy atom. The standard InChI is InChI=1S/C22H23N5O3S/c1-28-16-11-15(12-17(29-2)19(16)30-3)31-22-25-18-20(23)24-13-27(21(18)26-22)10-9-14-7-5-4-6-8-14/h4-8,11-13H,9-10,23H2,1-3H3. The van der Waals surface area contributed by atoms with Crippen LogP contribution in [0.15, 0.2) is 58.8 Å². The van der Waals surface area contributed by atoms with Gasteiger partial charge in [0.1, 0.15) is 0 Å². The molecule has 4 rings (SSSR count). The number of rotatable bonds is 8. The number of anilines is 1. The molecule has 0 amide bonds. The first-order valence-electron chi connectivity index (χ1n) is 9.63. The number of nitrogens with zero attached hydrogens (tertiary/aromatic N) is 4. The number of nitrogen functional groups attached to an aromatic ring is 1. The fraction of sp³-hybridized carbons (Fsp3) is 0.227. The summed E-state index contributed by atoms with van der Waals surface area (Å²) >= 11 is 1.39. The molecular weight excluding hydrogens is 414 g/mol. The lowest BCUT2D eigenvalue weighted by Crippen LogP contribution is -2.09. The number of hydrogen-bond acceptors (Lipinski definition) is 8. The number of imidazole rings is 1. The van der Waals surface area contributed by atoms with E-state index in [4.69, 9.17) is 24.9 Å². The average molecular weight is 438 g/mol. The molecule has 0 aromatic heterocycles. The Morgan fingerprint density at radius 2 is 1.68 bits per heavy atom. The number of ether oxygens (including phenoxy) is 3. The third kappa shape index (κ3) is 4.36. The predicted octanol–water partition coefficient (Wildman–Crippen LogP) is 3.78. The second-order valence-corrected chi connectivity index (χ2v) is 7.74. The minimum Gasteiger partial charge on any atom is -0.493 e. The average Bonchev–Trinajstić information content (AvgIpc) is 3.23. The third-order valence-electron chi connectivity index (χ3n) is 4.80. The van der Waals surface area contributed by atoms with Gasteiger partial charge < -0.3 is 24.5 Å². The van der Waals surface area contributed by atoms with Gasteiger partial charge in [0.15, 0.2) is 34.0 Å². The van der Waals surface area contributed by atoms with Gasteiger partial charge in [-0.25, -0.2) is 15.0 Å². The zero-order valence-corrected chi connectivity index (χ0v) is 18.3. The lowest BCUT2D eigenvalue weighted by Gasteiger charge is -2.13. The maximum absolute atomic E-state index is 6.08. The molecule has 9 heteroatoms. The maximum atomic E-state index is 6.08. The number of aryl methyl sites for hydroxylation is 2. The third-order valence-corrected chi connectivity index (χ3v) is 5.64. The summed E-state index contributed by atoms with van der Waals surface area (Å²) in [5.41, 5.74) is 7.91. The van der Waals surface area contributed by atoms with Crippen LogP contribution in [0.25, 0.3) is 11.5 Å². The van der Waals surface area contributed by atoms with Gasteiger partial charge in [-0.1, -0.05) is 30.3 Å². The molecule has 31 heavy (non-hydrogen) atoms. The number of fused-ring (bicyclic) bond motifs is 1. The minimum absolute atomic E-state index is 0.357. The first-order chi connectivity index (χ1) is 15.1. The number of aromatic nitrogens is 4. The van der Waals surface area contributed by atoms with E-state index in [1.807, 2.05) is 34.9 Å². The Labute approximate surface area is 184 Å². The van der Waals surface area contributed by atoms with Gasteiger partial charge in [-0.3, -0.25) is 0 Å². The first-order valence-corrected chi connectivity index (χ1v) is 10.4. The molecular formula is C22H23N5O3S. The highest BCUT2D eigenvalue weighted by atomic mass is 32.2. The first kappa shape index (κ1) is 20.8. The van der Waals surface area contributed by atoms with Crippen molar-refractivity contribution >= 4 is 17.6 Å². The van der Waals surface area contributed by atoms with Crippen molar-refractivity contribution in [1.82, 2.24) is 19.5 Å². The number of methoxy groups -OCH3 is 3. The Hall–Kier alpha value is -3.46. The summed E-state index contributed by atoms with van der Waals surface area (Å²) < 4.78 is 18.2. The molecule has 0 saturated carbocycles. The Balaban J connectivity index is 1.63. The van der Waals surface area contributed by atoms with Crippen molar-refractivity contribution in [3.05, 3.63) is 54.4 Å². The smallest absolute Gasteiger partial charge is 0.203 e. The summed E-state index contributed by atoms with van der Waals surface area (Å²) in [5.74, 6) is 2.74. The Kier molecular flexibility index (Phi) is 6.13. The lowest BCUT2D eigenvalue weighted by molar-refractivity contribution is 0.323. The number of hydrogen-bond donors (Lipinski definition) is 1. The molecule has 160 valence electrons. The van der Waals surface area contributed by atoms with Crippen molar-refractivity contribution < 1.29 is 14.2 Å². The van der Waals surface area contributed by atoms with Crippen LogP contribution in [0.2, 0.25) is 0 Å². The molecule has 2 aromatic carbocycles. The quantitative estimate of drug-likeness (QED) is 0.445. The summed E-state index contributed by atoms with van der Waals surface area (Å²) in [6.45, 7) is 0.723. The van der Waals surface area contributed by atoms with E-state index in [-0.39, 0.29) is 0 Å². The summed E-state index contributed by atoms with van der Waals surface area (Å²) in [4.78, 5) is 14.5. The predicted molar refractivity (Wildman–Crippen MR) is 119 cm³/mol. The van der Waals surface area contributed by atoms with Crippen LogP contribution in [-0.4, -0.2) is 40.8 Å². The molecule has 0 bridgehead atoms. The normalized spacial score (nSPS) is 10.9. The Bertz CT molecular complexity index is 1120. The molecule has 0 saturated heterocycles. The molecule has 2 N–H and O–H groups in total. The van der Waals surface area contributed by atoms with Gasteiger partial charge in [-0.2, -0.15) is 0 Å². The van der Waals surface area contributed by atoms with Crippen molar-refractivity contribution in [2.45, 2.75) is 23.0 Å². The SMILES string of the molecule is COc1cc(Sc2nc3c(N)ncn(CCc4ccccc4)c-3n2)cc(OC)c1OC. The molecule has 2 aliphatic heterocycles. The van der Waals surface area contributed by atoms with E-state index in [0.29, 0.717) is 39.7 Å². The van der Waals surface area contributed by atoms with E-state index in [2.05, 4.69) is 22.1 Å². The molecule has 2 heterocycles. The zero-order chi connectivity index (χ0) is 21.8. The molecule has 2 aliphatic rings. The molecule has 0 fully saturated rings. The van der Waals surface area contributed by atoms with E-state index in [1.54, 1.807) is 27.7 Å². The highest BCUT2D eigenvalue weighted by Gasteiger charge is 2.21.